The van der Waals surface area contributed by atoms with Gasteiger partial charge in [0.25, 0.3) is 0 Å². The van der Waals surface area contributed by atoms with Crippen LogP contribution in [0.3, 0.4) is 0 Å². The number of hydrogen-bond donors (Lipinski definition) is 2. The molecule has 0 heterocycles. The Hall–Kier alpha value is -1.05. The van der Waals surface area contributed by atoms with E-state index in [9.17, 15) is 0 Å². The standard InChI is InChI=1S/C6H8N2/c7-5-3-1-2-4-6(5)8/h1-3,8H,4,7H2. The Labute approximate surface area is 48.2 Å². The topological polar surface area (TPSA) is 49.9 Å². The second kappa shape index (κ2) is 1.82. The van der Waals surface area contributed by atoms with Crippen LogP contribution in [0.5, 0.6) is 0 Å². The van der Waals surface area contributed by atoms with Gasteiger partial charge in [-0.05, 0) is 6.08 Å². The van der Waals surface area contributed by atoms with Gasteiger partial charge >= 0.3 is 0 Å². The molecule has 0 bridgehead atoms. The van der Waals surface area contributed by atoms with Gasteiger partial charge in [0.05, 0.1) is 11.4 Å². The summed E-state index contributed by atoms with van der Waals surface area (Å²) in [6, 6.07) is 0. The molecule has 0 aromatic carbocycles. The summed E-state index contributed by atoms with van der Waals surface area (Å²) in [6.07, 6.45) is 6.21. The van der Waals surface area contributed by atoms with Crippen molar-refractivity contribution in [3.05, 3.63) is 23.9 Å². The Kier molecular flexibility index (Phi) is 1.16. The van der Waals surface area contributed by atoms with Crippen LogP contribution in [0.4, 0.5) is 0 Å². The average Bonchev–Trinajstić information content (AvgIpc) is 1.77. The van der Waals surface area contributed by atoms with E-state index in [1.807, 2.05) is 12.2 Å². The first-order valence-corrected chi connectivity index (χ1v) is 2.51. The van der Waals surface area contributed by atoms with Gasteiger partial charge in [-0.3, -0.25) is 0 Å². The van der Waals surface area contributed by atoms with Crippen LogP contribution in [0.25, 0.3) is 0 Å². The number of rotatable bonds is 0. The first kappa shape index (κ1) is 5.09. The number of nitrogens with one attached hydrogen (secondary N) is 1. The van der Waals surface area contributed by atoms with Gasteiger partial charge < -0.3 is 11.1 Å². The predicted octanol–water partition coefficient (Wildman–Crippen LogP) is 0.809. The Morgan fingerprint density at radius 2 is 2.38 bits per heavy atom. The van der Waals surface area contributed by atoms with Crippen molar-refractivity contribution in [2.75, 3.05) is 0 Å². The molecular weight excluding hydrogens is 100 g/mol. The van der Waals surface area contributed by atoms with Crippen molar-refractivity contribution in [3.8, 4) is 0 Å². The Morgan fingerprint density at radius 3 is 2.75 bits per heavy atom. The molecule has 0 amide bonds. The van der Waals surface area contributed by atoms with Crippen LogP contribution >= 0.6 is 0 Å². The average molecular weight is 108 g/mol. The van der Waals surface area contributed by atoms with Crippen molar-refractivity contribution in [3.63, 3.8) is 0 Å². The molecular formula is C6H8N2. The van der Waals surface area contributed by atoms with E-state index < -0.39 is 0 Å². The molecule has 0 fully saturated rings. The molecule has 0 spiro atoms. The molecule has 0 radical (unpaired) electrons. The first-order valence-electron chi connectivity index (χ1n) is 2.51. The Bertz CT molecular complexity index is 165. The molecule has 0 aromatic rings. The summed E-state index contributed by atoms with van der Waals surface area (Å²) in [5, 5.41) is 7.15. The highest BCUT2D eigenvalue weighted by Crippen LogP contribution is 2.00. The fraction of sp³-hybridized carbons (Fsp3) is 0.167. The van der Waals surface area contributed by atoms with E-state index in [1.165, 1.54) is 0 Å². The number of nitrogens with two attached hydrogens (primary N) is 1. The first-order chi connectivity index (χ1) is 3.80. The second-order valence-electron chi connectivity index (χ2n) is 1.73. The van der Waals surface area contributed by atoms with E-state index in [0.717, 1.165) is 0 Å². The van der Waals surface area contributed by atoms with Gasteiger partial charge in [-0.1, -0.05) is 12.2 Å². The molecule has 0 unspecified atom stereocenters. The summed E-state index contributed by atoms with van der Waals surface area (Å²) in [5.41, 5.74) is 6.47. The van der Waals surface area contributed by atoms with Gasteiger partial charge in [0.2, 0.25) is 0 Å². The fourth-order valence-corrected chi connectivity index (χ4v) is 0.576. The molecule has 1 aliphatic carbocycles. The minimum atomic E-state index is 0.521. The highest BCUT2D eigenvalue weighted by Gasteiger charge is 1.98. The highest BCUT2D eigenvalue weighted by atomic mass is 14.6. The number of hydrogen-bond acceptors (Lipinski definition) is 2. The van der Waals surface area contributed by atoms with Gasteiger partial charge in [0.15, 0.2) is 0 Å². The predicted molar refractivity (Wildman–Crippen MR) is 33.8 cm³/mol. The molecule has 2 nitrogen and oxygen atoms in total. The zero-order valence-electron chi connectivity index (χ0n) is 4.52. The van der Waals surface area contributed by atoms with Crippen LogP contribution < -0.4 is 5.73 Å². The largest absolute Gasteiger partial charge is 0.397 e. The van der Waals surface area contributed by atoms with Gasteiger partial charge in [0.1, 0.15) is 0 Å². The fourth-order valence-electron chi connectivity index (χ4n) is 0.576. The number of allylic oxidation sites excluding steroid dienone is 4. The smallest absolute Gasteiger partial charge is 0.0580 e. The van der Waals surface area contributed by atoms with E-state index in [0.29, 0.717) is 17.8 Å². The van der Waals surface area contributed by atoms with E-state index in [1.54, 1.807) is 6.08 Å². The van der Waals surface area contributed by atoms with Gasteiger partial charge in [0, 0.05) is 6.42 Å². The second-order valence-corrected chi connectivity index (χ2v) is 1.73. The molecule has 0 saturated carbocycles. The Balaban J connectivity index is 2.80. The van der Waals surface area contributed by atoms with E-state index >= 15 is 0 Å². The minimum Gasteiger partial charge on any atom is -0.397 e. The van der Waals surface area contributed by atoms with Crippen molar-refractivity contribution in [1.29, 1.82) is 5.41 Å². The molecule has 1 aliphatic rings. The van der Waals surface area contributed by atoms with E-state index in [-0.39, 0.29) is 0 Å². The third kappa shape index (κ3) is 0.780. The molecule has 3 N–H and O–H groups in total. The molecule has 8 heavy (non-hydrogen) atoms. The Morgan fingerprint density at radius 1 is 1.62 bits per heavy atom. The normalized spacial score (nSPS) is 18.5. The minimum absolute atomic E-state index is 0.521. The van der Waals surface area contributed by atoms with Crippen molar-refractivity contribution < 1.29 is 0 Å². The van der Waals surface area contributed by atoms with Crippen molar-refractivity contribution in [1.82, 2.24) is 0 Å². The van der Waals surface area contributed by atoms with Gasteiger partial charge in [-0.25, -0.2) is 0 Å². The molecule has 0 atom stereocenters. The lowest BCUT2D eigenvalue weighted by atomic mass is 10.1. The van der Waals surface area contributed by atoms with Crippen molar-refractivity contribution >= 4 is 5.71 Å². The van der Waals surface area contributed by atoms with Crippen LogP contribution in [-0.4, -0.2) is 5.71 Å². The molecule has 0 saturated heterocycles. The van der Waals surface area contributed by atoms with Crippen LogP contribution in [0.2, 0.25) is 0 Å². The highest BCUT2D eigenvalue weighted by molar-refractivity contribution is 5.98. The summed E-state index contributed by atoms with van der Waals surface area (Å²) in [5.74, 6) is 0. The lowest BCUT2D eigenvalue weighted by Gasteiger charge is -2.02. The summed E-state index contributed by atoms with van der Waals surface area (Å²) in [6.45, 7) is 0. The van der Waals surface area contributed by atoms with Crippen LogP contribution in [0.15, 0.2) is 23.9 Å². The molecule has 0 aromatic heterocycles. The molecule has 2 heteroatoms. The maximum Gasteiger partial charge on any atom is 0.0580 e. The summed E-state index contributed by atoms with van der Waals surface area (Å²) < 4.78 is 0. The van der Waals surface area contributed by atoms with Crippen molar-refractivity contribution in [2.45, 2.75) is 6.42 Å². The molecule has 42 valence electrons. The zero-order chi connectivity index (χ0) is 5.98. The van der Waals surface area contributed by atoms with Gasteiger partial charge in [-0.15, -0.1) is 0 Å². The maximum atomic E-state index is 7.15. The third-order valence-electron chi connectivity index (χ3n) is 1.08. The van der Waals surface area contributed by atoms with Crippen LogP contribution in [0.1, 0.15) is 6.42 Å². The summed E-state index contributed by atoms with van der Waals surface area (Å²) >= 11 is 0. The van der Waals surface area contributed by atoms with Gasteiger partial charge in [-0.2, -0.15) is 0 Å². The zero-order valence-corrected chi connectivity index (χ0v) is 4.52. The molecule has 0 aliphatic heterocycles. The van der Waals surface area contributed by atoms with E-state index in [2.05, 4.69) is 0 Å². The van der Waals surface area contributed by atoms with Crippen molar-refractivity contribution in [2.24, 2.45) is 5.73 Å². The van der Waals surface area contributed by atoms with E-state index in [4.69, 9.17) is 11.1 Å². The van der Waals surface area contributed by atoms with Crippen LogP contribution in [0, 0.1) is 5.41 Å². The monoisotopic (exact) mass is 108 g/mol. The lowest BCUT2D eigenvalue weighted by molar-refractivity contribution is 1.28. The quantitative estimate of drug-likeness (QED) is 0.474. The SMILES string of the molecule is N=C1CC=CC=C1N. The lowest BCUT2D eigenvalue weighted by Crippen LogP contribution is -2.10. The third-order valence-corrected chi connectivity index (χ3v) is 1.08. The molecule has 1 rings (SSSR count). The van der Waals surface area contributed by atoms with Crippen LogP contribution in [-0.2, 0) is 0 Å². The summed E-state index contributed by atoms with van der Waals surface area (Å²) in [7, 11) is 0. The maximum absolute atomic E-state index is 7.15. The summed E-state index contributed by atoms with van der Waals surface area (Å²) in [4.78, 5) is 0.